The molecule has 0 heterocycles. The number of nitrogens with zero attached hydrogens (tertiary/aromatic N) is 1. The third-order valence-corrected chi connectivity index (χ3v) is 6.49. The highest BCUT2D eigenvalue weighted by molar-refractivity contribution is 6.30. The summed E-state index contributed by atoms with van der Waals surface area (Å²) in [5, 5.41) is 23.1. The summed E-state index contributed by atoms with van der Waals surface area (Å²) in [5.41, 5.74) is 2.48. The van der Waals surface area contributed by atoms with Crippen LogP contribution in [0.4, 0.5) is 0 Å². The van der Waals surface area contributed by atoms with Crippen molar-refractivity contribution in [1.29, 1.82) is 0 Å². The van der Waals surface area contributed by atoms with Gasteiger partial charge in [0.15, 0.2) is 6.61 Å². The third kappa shape index (κ3) is 10.1. The van der Waals surface area contributed by atoms with Crippen molar-refractivity contribution in [2.75, 3.05) is 26.3 Å². The highest BCUT2D eigenvalue weighted by Crippen LogP contribution is 2.24. The van der Waals surface area contributed by atoms with E-state index in [-0.39, 0.29) is 25.1 Å². The Bertz CT molecular complexity index is 1090. The van der Waals surface area contributed by atoms with Crippen molar-refractivity contribution >= 4 is 41.6 Å². The predicted octanol–water partition coefficient (Wildman–Crippen LogP) is 6.06. The van der Waals surface area contributed by atoms with Gasteiger partial charge in [0.2, 0.25) is 0 Å². The van der Waals surface area contributed by atoms with Gasteiger partial charge in [-0.1, -0.05) is 59.6 Å². The molecule has 2 N–H and O–H groups in total. The zero-order chi connectivity index (χ0) is 26.8. The van der Waals surface area contributed by atoms with Crippen LogP contribution in [0.1, 0.15) is 42.7 Å². The fourth-order valence-electron chi connectivity index (χ4n) is 4.05. The van der Waals surface area contributed by atoms with Crippen LogP contribution in [0.25, 0.3) is 0 Å². The van der Waals surface area contributed by atoms with Crippen molar-refractivity contribution in [3.8, 4) is 5.75 Å². The molecule has 3 atom stereocenters. The number of aliphatic hydroxyl groups is 2. The number of hydrogen-bond donors (Lipinski definition) is 2. The lowest BCUT2D eigenvalue weighted by Crippen LogP contribution is -2.40. The minimum atomic E-state index is -0.786. The van der Waals surface area contributed by atoms with Crippen LogP contribution in [-0.4, -0.2) is 53.4 Å². The Hall–Kier alpha value is -2.32. The van der Waals surface area contributed by atoms with E-state index in [1.165, 1.54) is 0 Å². The Morgan fingerprint density at radius 3 is 1.89 bits per heavy atom. The largest absolute Gasteiger partial charge is 0.482 e. The van der Waals surface area contributed by atoms with Crippen LogP contribution in [0.2, 0.25) is 10.0 Å². The Labute approximate surface area is 240 Å². The lowest BCUT2D eigenvalue weighted by atomic mass is 10.0. The lowest BCUT2D eigenvalue weighted by molar-refractivity contribution is -0.145. The van der Waals surface area contributed by atoms with E-state index in [2.05, 4.69) is 11.8 Å². The molecule has 9 heteroatoms. The molecular formula is C29H34Cl3NO5. The van der Waals surface area contributed by atoms with Gasteiger partial charge in [0.1, 0.15) is 5.75 Å². The molecule has 3 aromatic rings. The molecule has 0 bridgehead atoms. The van der Waals surface area contributed by atoms with Crippen LogP contribution in [-0.2, 0) is 16.0 Å². The smallest absolute Gasteiger partial charge is 0.344 e. The van der Waals surface area contributed by atoms with Gasteiger partial charge >= 0.3 is 5.97 Å². The summed E-state index contributed by atoms with van der Waals surface area (Å²) in [6.45, 7) is 4.59. The topological polar surface area (TPSA) is 79.2 Å². The Morgan fingerprint density at radius 1 is 0.895 bits per heavy atom. The van der Waals surface area contributed by atoms with E-state index in [1.807, 2.05) is 36.4 Å². The molecule has 0 radical (unpaired) electrons. The first-order valence-electron chi connectivity index (χ1n) is 12.2. The van der Waals surface area contributed by atoms with E-state index in [0.717, 1.165) is 5.56 Å². The standard InChI is InChI=1S/C29H33Cl2NO5.ClH/c1-3-36-29(35)19-37-26-12-10-21(11-13-26)14-20(2)32(17-27(33)22-6-4-8-24(30)15-22)18-28(34)23-7-5-9-25(31)16-23;/h4-13,15-16,20,27-28,33-34H,3,14,17-19H2,1-2H3;1H. The van der Waals surface area contributed by atoms with Gasteiger partial charge in [-0.2, -0.15) is 0 Å². The molecule has 0 aliphatic carbocycles. The van der Waals surface area contributed by atoms with Crippen LogP contribution < -0.4 is 4.74 Å². The summed E-state index contributed by atoms with van der Waals surface area (Å²) in [4.78, 5) is 13.6. The van der Waals surface area contributed by atoms with Crippen LogP contribution in [0, 0.1) is 0 Å². The zero-order valence-electron chi connectivity index (χ0n) is 21.4. The molecule has 6 nitrogen and oxygen atoms in total. The number of rotatable bonds is 13. The first-order chi connectivity index (χ1) is 17.7. The van der Waals surface area contributed by atoms with Gasteiger partial charge in [-0.15, -0.1) is 12.4 Å². The number of halogens is 3. The van der Waals surface area contributed by atoms with E-state index in [9.17, 15) is 15.0 Å². The summed E-state index contributed by atoms with van der Waals surface area (Å²) < 4.78 is 10.4. The van der Waals surface area contributed by atoms with E-state index >= 15 is 0 Å². The Balaban J connectivity index is 0.00000507. The van der Waals surface area contributed by atoms with E-state index in [1.54, 1.807) is 43.3 Å². The van der Waals surface area contributed by atoms with Crippen LogP contribution >= 0.6 is 35.6 Å². The molecule has 3 unspecified atom stereocenters. The third-order valence-electron chi connectivity index (χ3n) is 6.02. The molecule has 0 aromatic heterocycles. The van der Waals surface area contributed by atoms with Gasteiger partial charge in [-0.05, 0) is 73.4 Å². The molecule has 0 aliphatic rings. The summed E-state index contributed by atoms with van der Waals surface area (Å²) in [6.07, 6.45) is -0.902. The number of carbonyl (C=O) groups excluding carboxylic acids is 1. The van der Waals surface area contributed by atoms with Crippen molar-refractivity contribution in [2.45, 2.75) is 38.5 Å². The molecule has 38 heavy (non-hydrogen) atoms. The van der Waals surface area contributed by atoms with Crippen LogP contribution in [0.3, 0.4) is 0 Å². The van der Waals surface area contributed by atoms with Gasteiger partial charge < -0.3 is 19.7 Å². The molecule has 3 aromatic carbocycles. The van der Waals surface area contributed by atoms with Gasteiger partial charge in [0.05, 0.1) is 18.8 Å². The van der Waals surface area contributed by atoms with Crippen LogP contribution in [0.5, 0.6) is 5.75 Å². The molecule has 0 saturated heterocycles. The van der Waals surface area contributed by atoms with Crippen LogP contribution in [0.15, 0.2) is 72.8 Å². The first-order valence-corrected chi connectivity index (χ1v) is 13.0. The molecule has 0 spiro atoms. The highest BCUT2D eigenvalue weighted by Gasteiger charge is 2.23. The van der Waals surface area contributed by atoms with E-state index in [0.29, 0.717) is 53.0 Å². The summed E-state index contributed by atoms with van der Waals surface area (Å²) in [5.74, 6) is 0.168. The van der Waals surface area contributed by atoms with Gasteiger partial charge in [-0.3, -0.25) is 4.90 Å². The zero-order valence-corrected chi connectivity index (χ0v) is 23.8. The maximum Gasteiger partial charge on any atom is 0.344 e. The van der Waals surface area contributed by atoms with Crippen molar-refractivity contribution in [2.24, 2.45) is 0 Å². The van der Waals surface area contributed by atoms with Crippen molar-refractivity contribution in [1.82, 2.24) is 4.90 Å². The summed E-state index contributed by atoms with van der Waals surface area (Å²) in [6, 6.07) is 21.8. The Kier molecular flexibility index (Phi) is 13.4. The Morgan fingerprint density at radius 2 is 1.42 bits per heavy atom. The molecule has 0 aliphatic heterocycles. The predicted molar refractivity (Wildman–Crippen MR) is 153 cm³/mol. The normalized spacial score (nSPS) is 13.3. The SMILES string of the molecule is CCOC(=O)COc1ccc(CC(C)N(CC(O)c2cccc(Cl)c2)CC(O)c2cccc(Cl)c2)cc1.Cl. The lowest BCUT2D eigenvalue weighted by Gasteiger charge is -2.33. The molecule has 0 fully saturated rings. The first kappa shape index (κ1) is 31.9. The fraction of sp³-hybridized carbons (Fsp3) is 0.345. The van der Waals surface area contributed by atoms with Crippen molar-refractivity contribution < 1.29 is 24.5 Å². The second kappa shape index (κ2) is 15.9. The monoisotopic (exact) mass is 581 g/mol. The van der Waals surface area contributed by atoms with E-state index in [4.69, 9.17) is 32.7 Å². The average molecular weight is 583 g/mol. The molecule has 3 rings (SSSR count). The minimum Gasteiger partial charge on any atom is -0.482 e. The molecule has 0 saturated carbocycles. The van der Waals surface area contributed by atoms with E-state index < -0.39 is 18.2 Å². The van der Waals surface area contributed by atoms with Crippen molar-refractivity contribution in [3.63, 3.8) is 0 Å². The maximum absolute atomic E-state index is 11.5. The van der Waals surface area contributed by atoms with Gasteiger partial charge in [-0.25, -0.2) is 4.79 Å². The fourth-order valence-corrected chi connectivity index (χ4v) is 4.45. The van der Waals surface area contributed by atoms with Gasteiger partial charge in [0.25, 0.3) is 0 Å². The molecule has 206 valence electrons. The van der Waals surface area contributed by atoms with Gasteiger partial charge in [0, 0.05) is 29.2 Å². The number of ether oxygens (including phenoxy) is 2. The maximum atomic E-state index is 11.5. The minimum absolute atomic E-state index is 0. The summed E-state index contributed by atoms with van der Waals surface area (Å²) >= 11 is 12.3. The quantitative estimate of drug-likeness (QED) is 0.239. The highest BCUT2D eigenvalue weighted by atomic mass is 35.5. The number of benzene rings is 3. The second-order valence-electron chi connectivity index (χ2n) is 8.89. The number of aliphatic hydroxyl groups excluding tert-OH is 2. The summed E-state index contributed by atoms with van der Waals surface area (Å²) in [7, 11) is 0. The number of carbonyl (C=O) groups is 1. The second-order valence-corrected chi connectivity index (χ2v) is 9.76. The average Bonchev–Trinajstić information content (AvgIpc) is 2.88. The number of hydrogen-bond acceptors (Lipinski definition) is 6. The molecular weight excluding hydrogens is 549 g/mol. The number of esters is 1. The van der Waals surface area contributed by atoms with Crippen molar-refractivity contribution in [3.05, 3.63) is 99.5 Å². The molecule has 0 amide bonds.